The van der Waals surface area contributed by atoms with E-state index in [0.717, 1.165) is 16.8 Å². The Bertz CT molecular complexity index is 790. The number of nitrogens with one attached hydrogen (secondary N) is 1. The number of halogens is 4. The molecule has 0 aliphatic carbocycles. The highest BCUT2D eigenvalue weighted by Crippen LogP contribution is 2.24. The van der Waals surface area contributed by atoms with Crippen LogP contribution in [0, 0.1) is 0 Å². The lowest BCUT2D eigenvalue weighted by Crippen LogP contribution is -2.30. The number of amides is 1. The molecule has 0 fully saturated rings. The third-order valence-electron chi connectivity index (χ3n) is 2.59. The van der Waals surface area contributed by atoms with Crippen LogP contribution in [0.1, 0.15) is 24.3 Å². The van der Waals surface area contributed by atoms with Crippen molar-refractivity contribution in [1.29, 1.82) is 0 Å². The van der Waals surface area contributed by atoms with E-state index in [2.05, 4.69) is 10.1 Å². The maximum atomic E-state index is 13.1. The van der Waals surface area contributed by atoms with Gasteiger partial charge in [0.15, 0.2) is 11.5 Å². The Hall–Kier alpha value is -2.72. The molecule has 0 saturated heterocycles. The lowest BCUT2D eigenvalue weighted by Gasteiger charge is -2.07. The molecule has 0 bridgehead atoms. The molecule has 0 aliphatic rings. The maximum absolute atomic E-state index is 13.1. The van der Waals surface area contributed by atoms with E-state index in [1.807, 2.05) is 0 Å². The Kier molecular flexibility index (Phi) is 4.08. The fourth-order valence-corrected chi connectivity index (χ4v) is 1.66. The molecule has 1 N–H and O–H groups in total. The van der Waals surface area contributed by atoms with E-state index in [1.54, 1.807) is 0 Å². The predicted octanol–water partition coefficient (Wildman–Crippen LogP) is 1.88. The van der Waals surface area contributed by atoms with Gasteiger partial charge in [-0.05, 0) is 13.0 Å². The smallest absolute Gasteiger partial charge is 0.462 e. The van der Waals surface area contributed by atoms with Crippen molar-refractivity contribution in [2.75, 3.05) is 11.9 Å². The molecule has 124 valence electrons. The largest absolute Gasteiger partial charge is 0.471 e. The summed E-state index contributed by atoms with van der Waals surface area (Å²) in [6.07, 6.45) is -4.11. The number of ether oxygens (including phenoxy) is 1. The van der Waals surface area contributed by atoms with Gasteiger partial charge >= 0.3 is 18.1 Å². The minimum Gasteiger partial charge on any atom is -0.462 e. The van der Waals surface area contributed by atoms with Crippen molar-refractivity contribution in [2.24, 2.45) is 0 Å². The molecular formula is C12H10F4N4O3. The van der Waals surface area contributed by atoms with Crippen molar-refractivity contribution in [2.45, 2.75) is 19.8 Å². The molecule has 2 rings (SSSR count). The number of carbonyl (C=O) groups is 2. The molecule has 7 nitrogen and oxygen atoms in total. The number of hydrogen-bond donors (Lipinski definition) is 1. The topological polar surface area (TPSA) is 85.6 Å². The van der Waals surface area contributed by atoms with Gasteiger partial charge in [0, 0.05) is 6.20 Å². The lowest BCUT2D eigenvalue weighted by atomic mass is 10.3. The van der Waals surface area contributed by atoms with E-state index in [0.29, 0.717) is 0 Å². The van der Waals surface area contributed by atoms with Crippen LogP contribution >= 0.6 is 0 Å². The molecule has 0 aliphatic heterocycles. The first-order valence-corrected chi connectivity index (χ1v) is 6.16. The van der Waals surface area contributed by atoms with Gasteiger partial charge in [-0.25, -0.2) is 18.7 Å². The molecule has 2 heterocycles. The fraction of sp³-hybridized carbons (Fsp3) is 0.333. The quantitative estimate of drug-likeness (QED) is 0.681. The zero-order valence-electron chi connectivity index (χ0n) is 12.5. The van der Waals surface area contributed by atoms with Gasteiger partial charge < -0.3 is 10.1 Å². The first-order chi connectivity index (χ1) is 11.1. The Labute approximate surface area is 127 Å². The van der Waals surface area contributed by atoms with Crippen LogP contribution in [-0.4, -0.2) is 39.3 Å². The Balaban J connectivity index is 2.59. The Morgan fingerprint density at radius 2 is 2.17 bits per heavy atom. The number of fused-ring (bicyclic) bond motifs is 1. The molecule has 1 unspecified atom stereocenters. The van der Waals surface area contributed by atoms with Crippen molar-refractivity contribution in [1.82, 2.24) is 14.6 Å². The predicted molar refractivity (Wildman–Crippen MR) is 68.4 cm³/mol. The third kappa shape index (κ3) is 3.38. The highest BCUT2D eigenvalue weighted by atomic mass is 19.4. The number of aromatic nitrogens is 3. The van der Waals surface area contributed by atoms with E-state index in [-0.39, 0.29) is 17.9 Å². The molecule has 0 saturated carbocycles. The molecular weight excluding hydrogens is 324 g/mol. The molecule has 0 aromatic carbocycles. The number of nitrogens with zero attached hydrogens (tertiary/aromatic N) is 3. The molecule has 2 aromatic heterocycles. The average molecular weight is 335 g/mol. The molecule has 23 heavy (non-hydrogen) atoms. The first kappa shape index (κ1) is 15.2. The molecule has 0 spiro atoms. The van der Waals surface area contributed by atoms with Crippen molar-refractivity contribution in [3.05, 3.63) is 23.5 Å². The zero-order valence-corrected chi connectivity index (χ0v) is 11.5. The normalized spacial score (nSPS) is 13.5. The standard InChI is InChI=1S/C12H10F4N4O3/c1-2-23-10(21)7-8(18-11(22)12(14,15)16)19-20-4-3-6(5-13)17-9(7)20/h3-4H,2,5H2,1H3,(H,18,19,22)/i5D. The summed E-state index contributed by atoms with van der Waals surface area (Å²) in [5.74, 6) is -4.18. The minimum atomic E-state index is -5.20. The van der Waals surface area contributed by atoms with Gasteiger partial charge in [-0.1, -0.05) is 0 Å². The van der Waals surface area contributed by atoms with E-state index in [9.17, 15) is 27.2 Å². The summed E-state index contributed by atoms with van der Waals surface area (Å²) in [7, 11) is 0. The van der Waals surface area contributed by atoms with Crippen LogP contribution in [-0.2, 0) is 16.2 Å². The number of anilines is 1. The summed E-state index contributed by atoms with van der Waals surface area (Å²) in [5, 5.41) is 5.06. The summed E-state index contributed by atoms with van der Waals surface area (Å²) in [6.45, 7) is -0.877. The number of carbonyl (C=O) groups excluding carboxylic acids is 2. The van der Waals surface area contributed by atoms with Crippen molar-refractivity contribution in [3.8, 4) is 0 Å². The highest BCUT2D eigenvalue weighted by molar-refractivity contribution is 6.05. The van der Waals surface area contributed by atoms with Gasteiger partial charge in [0.2, 0.25) is 0 Å². The van der Waals surface area contributed by atoms with Crippen molar-refractivity contribution in [3.63, 3.8) is 0 Å². The monoisotopic (exact) mass is 335 g/mol. The van der Waals surface area contributed by atoms with E-state index in [4.69, 9.17) is 6.11 Å². The van der Waals surface area contributed by atoms with Gasteiger partial charge in [-0.3, -0.25) is 4.79 Å². The third-order valence-corrected chi connectivity index (χ3v) is 2.59. The lowest BCUT2D eigenvalue weighted by molar-refractivity contribution is -0.167. The SMILES string of the molecule is [2H]C(F)c1ccn2nc(NC(=O)C(F)(F)F)c(C(=O)OCC)c2n1. The van der Waals surface area contributed by atoms with Gasteiger partial charge in [0.05, 0.1) is 13.7 Å². The maximum Gasteiger partial charge on any atom is 0.471 e. The molecule has 1 amide bonds. The molecule has 11 heteroatoms. The van der Waals surface area contributed by atoms with Crippen LogP contribution in [0.5, 0.6) is 0 Å². The van der Waals surface area contributed by atoms with E-state index < -0.39 is 36.1 Å². The number of alkyl halides is 4. The van der Waals surface area contributed by atoms with Crippen LogP contribution in [0.3, 0.4) is 0 Å². The van der Waals surface area contributed by atoms with Crippen molar-refractivity contribution < 1.29 is 33.3 Å². The summed E-state index contributed by atoms with van der Waals surface area (Å²) in [6, 6.07) is 1.06. The number of hydrogen-bond acceptors (Lipinski definition) is 5. The van der Waals surface area contributed by atoms with Crippen LogP contribution in [0.15, 0.2) is 12.3 Å². The first-order valence-electron chi connectivity index (χ1n) is 6.73. The second-order valence-electron chi connectivity index (χ2n) is 4.13. The minimum absolute atomic E-state index is 0.104. The van der Waals surface area contributed by atoms with Crippen LogP contribution < -0.4 is 5.32 Å². The van der Waals surface area contributed by atoms with E-state index in [1.165, 1.54) is 12.2 Å². The zero-order chi connectivity index (χ0) is 18.1. The van der Waals surface area contributed by atoms with Crippen LogP contribution in [0.4, 0.5) is 23.4 Å². The molecule has 2 aromatic rings. The Morgan fingerprint density at radius 3 is 2.74 bits per heavy atom. The Morgan fingerprint density at radius 1 is 1.48 bits per heavy atom. The van der Waals surface area contributed by atoms with Crippen LogP contribution in [0.2, 0.25) is 0 Å². The van der Waals surface area contributed by atoms with Crippen molar-refractivity contribution >= 4 is 23.3 Å². The second kappa shape index (κ2) is 6.18. The van der Waals surface area contributed by atoms with Gasteiger partial charge in [-0.2, -0.15) is 13.2 Å². The van der Waals surface area contributed by atoms with Gasteiger partial charge in [0.25, 0.3) is 0 Å². The molecule has 1 atom stereocenters. The summed E-state index contributed by atoms with van der Waals surface area (Å²) in [5.41, 5.74) is -1.31. The number of esters is 1. The highest BCUT2D eigenvalue weighted by Gasteiger charge is 2.40. The second-order valence-corrected chi connectivity index (χ2v) is 4.13. The molecule has 0 radical (unpaired) electrons. The van der Waals surface area contributed by atoms with Gasteiger partial charge in [0.1, 0.15) is 12.2 Å². The van der Waals surface area contributed by atoms with Crippen LogP contribution in [0.25, 0.3) is 5.65 Å². The number of rotatable bonds is 4. The summed E-state index contributed by atoms with van der Waals surface area (Å²) >= 11 is 0. The average Bonchev–Trinajstić information content (AvgIpc) is 2.83. The van der Waals surface area contributed by atoms with E-state index >= 15 is 0 Å². The summed E-state index contributed by atoms with van der Waals surface area (Å²) < 4.78 is 62.7. The van der Waals surface area contributed by atoms with Gasteiger partial charge in [-0.15, -0.1) is 5.10 Å². The fourth-order valence-electron chi connectivity index (χ4n) is 1.66. The summed E-state index contributed by atoms with van der Waals surface area (Å²) in [4.78, 5) is 26.7.